The van der Waals surface area contributed by atoms with E-state index in [9.17, 15) is 15.0 Å². The van der Waals surface area contributed by atoms with Crippen molar-refractivity contribution in [3.05, 3.63) is 23.0 Å². The molecule has 0 saturated carbocycles. The Kier molecular flexibility index (Phi) is 7.51. The van der Waals surface area contributed by atoms with Crippen LogP contribution in [-0.2, 0) is 17.8 Å². The third-order valence-corrected chi connectivity index (χ3v) is 4.39. The molecule has 1 aromatic heterocycles. The fraction of sp³-hybridized carbons (Fsp3) is 0.579. The van der Waals surface area contributed by atoms with Crippen LogP contribution in [0.2, 0.25) is 5.02 Å². The number of aliphatic hydroxyl groups excluding tert-OH is 2. The second-order valence-electron chi connectivity index (χ2n) is 7.35. The highest BCUT2D eigenvalue weighted by molar-refractivity contribution is 6.34. The largest absolute Gasteiger partial charge is 0.444 e. The van der Waals surface area contributed by atoms with Gasteiger partial charge in [-0.25, -0.2) is 9.78 Å². The van der Waals surface area contributed by atoms with Crippen LogP contribution in [0, 0.1) is 0 Å². The van der Waals surface area contributed by atoms with Crippen LogP contribution in [0.25, 0.3) is 11.0 Å². The number of aliphatic hydroxyl groups is 2. The number of imidazole rings is 1. The van der Waals surface area contributed by atoms with E-state index in [0.717, 1.165) is 11.2 Å². The van der Waals surface area contributed by atoms with Crippen molar-refractivity contribution in [1.29, 1.82) is 0 Å². The molecule has 0 spiro atoms. The number of rotatable bonds is 8. The zero-order valence-electron chi connectivity index (χ0n) is 16.8. The van der Waals surface area contributed by atoms with Crippen LogP contribution in [0.15, 0.2) is 12.1 Å². The zero-order valence-corrected chi connectivity index (χ0v) is 17.6. The predicted octanol–water partition coefficient (Wildman–Crippen LogP) is 2.53. The standard InChI is InChI=1S/C19H29ClN4O4/c1-5-24-16-11-15(23(6-8-25)7-9-26)13(20)10-14(16)22-17(24)12-21-18(27)28-19(2,3)4/h10-11,25-26H,5-9,12H2,1-4H3,(H,21,27). The highest BCUT2D eigenvalue weighted by atomic mass is 35.5. The molecule has 2 rings (SSSR count). The van der Waals surface area contributed by atoms with Crippen LogP contribution >= 0.6 is 11.6 Å². The number of benzene rings is 1. The number of halogens is 1. The highest BCUT2D eigenvalue weighted by Crippen LogP contribution is 2.31. The Hall–Kier alpha value is -2.03. The average molecular weight is 413 g/mol. The second-order valence-corrected chi connectivity index (χ2v) is 7.76. The van der Waals surface area contributed by atoms with Crippen molar-refractivity contribution < 1.29 is 19.7 Å². The van der Waals surface area contributed by atoms with Gasteiger partial charge in [0.05, 0.1) is 41.5 Å². The molecule has 1 aromatic carbocycles. The number of hydrogen-bond acceptors (Lipinski definition) is 6. The quantitative estimate of drug-likeness (QED) is 0.616. The summed E-state index contributed by atoms with van der Waals surface area (Å²) >= 11 is 6.43. The van der Waals surface area contributed by atoms with Crippen molar-refractivity contribution in [3.63, 3.8) is 0 Å². The number of aryl methyl sites for hydroxylation is 1. The smallest absolute Gasteiger partial charge is 0.408 e. The van der Waals surface area contributed by atoms with Gasteiger partial charge >= 0.3 is 6.09 Å². The van der Waals surface area contributed by atoms with E-state index in [0.29, 0.717) is 36.0 Å². The third-order valence-electron chi connectivity index (χ3n) is 4.08. The molecule has 0 fully saturated rings. The van der Waals surface area contributed by atoms with Gasteiger partial charge in [0.1, 0.15) is 11.4 Å². The molecule has 1 amide bonds. The summed E-state index contributed by atoms with van der Waals surface area (Å²) in [4.78, 5) is 18.4. The topological polar surface area (TPSA) is 99.9 Å². The number of ether oxygens (including phenoxy) is 1. The van der Waals surface area contributed by atoms with Crippen LogP contribution in [0.3, 0.4) is 0 Å². The lowest BCUT2D eigenvalue weighted by Gasteiger charge is -2.24. The number of fused-ring (bicyclic) bond motifs is 1. The van der Waals surface area contributed by atoms with Crippen molar-refractivity contribution in [3.8, 4) is 0 Å². The number of carbonyl (C=O) groups is 1. The number of alkyl carbamates (subject to hydrolysis) is 1. The molecule has 28 heavy (non-hydrogen) atoms. The van der Waals surface area contributed by atoms with E-state index in [4.69, 9.17) is 16.3 Å². The molecule has 0 aliphatic heterocycles. The van der Waals surface area contributed by atoms with Gasteiger partial charge in [-0.3, -0.25) is 0 Å². The number of carbonyl (C=O) groups excluding carboxylic acids is 1. The minimum Gasteiger partial charge on any atom is -0.444 e. The monoisotopic (exact) mass is 412 g/mol. The first-order valence-corrected chi connectivity index (χ1v) is 9.70. The summed E-state index contributed by atoms with van der Waals surface area (Å²) in [6.07, 6.45) is -0.502. The summed E-state index contributed by atoms with van der Waals surface area (Å²) in [5.41, 5.74) is 1.73. The van der Waals surface area contributed by atoms with Gasteiger partial charge < -0.3 is 29.7 Å². The minimum atomic E-state index is -0.569. The Bertz CT molecular complexity index is 810. The molecule has 2 aromatic rings. The molecular weight excluding hydrogens is 384 g/mol. The van der Waals surface area contributed by atoms with Crippen LogP contribution in [0.5, 0.6) is 0 Å². The number of amides is 1. The van der Waals surface area contributed by atoms with E-state index in [1.165, 1.54) is 0 Å². The molecule has 0 radical (unpaired) electrons. The summed E-state index contributed by atoms with van der Waals surface area (Å²) in [7, 11) is 0. The molecule has 0 aliphatic carbocycles. The van der Waals surface area contributed by atoms with Crippen molar-refractivity contribution >= 4 is 34.4 Å². The maximum absolute atomic E-state index is 11.9. The summed E-state index contributed by atoms with van der Waals surface area (Å²) in [6, 6.07) is 3.66. The van der Waals surface area contributed by atoms with Gasteiger partial charge in [0.25, 0.3) is 0 Å². The van der Waals surface area contributed by atoms with E-state index in [-0.39, 0.29) is 19.8 Å². The van der Waals surface area contributed by atoms with Crippen molar-refractivity contribution in [1.82, 2.24) is 14.9 Å². The van der Waals surface area contributed by atoms with Gasteiger partial charge in [0.15, 0.2) is 0 Å². The molecule has 1 heterocycles. The summed E-state index contributed by atoms with van der Waals surface area (Å²) in [6.45, 7) is 8.92. The molecule has 156 valence electrons. The Morgan fingerprint density at radius 2 is 1.93 bits per heavy atom. The Balaban J connectivity index is 2.33. The molecular formula is C19H29ClN4O4. The van der Waals surface area contributed by atoms with E-state index in [1.54, 1.807) is 6.07 Å². The van der Waals surface area contributed by atoms with Crippen LogP contribution < -0.4 is 10.2 Å². The summed E-state index contributed by atoms with van der Waals surface area (Å²) in [5, 5.41) is 21.8. The number of nitrogens with one attached hydrogen (secondary N) is 1. The zero-order chi connectivity index (χ0) is 20.9. The van der Waals surface area contributed by atoms with Crippen LogP contribution in [-0.4, -0.2) is 57.8 Å². The van der Waals surface area contributed by atoms with Gasteiger partial charge in [-0.15, -0.1) is 0 Å². The Labute approximate surface area is 170 Å². The molecule has 0 aliphatic rings. The minimum absolute atomic E-state index is 0.0491. The van der Waals surface area contributed by atoms with Crippen molar-refractivity contribution in [2.75, 3.05) is 31.2 Å². The van der Waals surface area contributed by atoms with Gasteiger partial charge in [-0.2, -0.15) is 0 Å². The van der Waals surface area contributed by atoms with Crippen LogP contribution in [0.1, 0.15) is 33.5 Å². The number of anilines is 1. The van der Waals surface area contributed by atoms with Crippen molar-refractivity contribution in [2.45, 2.75) is 46.4 Å². The summed E-state index contributed by atoms with van der Waals surface area (Å²) in [5.74, 6) is 0.687. The second kappa shape index (κ2) is 9.45. The normalized spacial score (nSPS) is 11.7. The maximum atomic E-state index is 11.9. The van der Waals surface area contributed by atoms with E-state index in [2.05, 4.69) is 10.3 Å². The number of aromatic nitrogens is 2. The van der Waals surface area contributed by atoms with E-state index < -0.39 is 11.7 Å². The Morgan fingerprint density at radius 3 is 2.46 bits per heavy atom. The average Bonchev–Trinajstić information content (AvgIpc) is 2.94. The lowest BCUT2D eigenvalue weighted by molar-refractivity contribution is 0.0521. The molecule has 9 heteroatoms. The molecule has 0 bridgehead atoms. The van der Waals surface area contributed by atoms with Crippen molar-refractivity contribution in [2.24, 2.45) is 0 Å². The molecule has 0 atom stereocenters. The van der Waals surface area contributed by atoms with Gasteiger partial charge in [-0.05, 0) is 39.8 Å². The SMILES string of the molecule is CCn1c(CNC(=O)OC(C)(C)C)nc2cc(Cl)c(N(CCO)CCO)cc21. The van der Waals surface area contributed by atoms with Crippen LogP contribution in [0.4, 0.5) is 10.5 Å². The molecule has 0 unspecified atom stereocenters. The molecule has 0 saturated heterocycles. The van der Waals surface area contributed by atoms with Gasteiger partial charge in [-0.1, -0.05) is 11.6 Å². The molecule has 3 N–H and O–H groups in total. The maximum Gasteiger partial charge on any atom is 0.408 e. The first-order valence-electron chi connectivity index (χ1n) is 9.32. The molecule has 8 nitrogen and oxygen atoms in total. The number of nitrogens with zero attached hydrogens (tertiary/aromatic N) is 3. The predicted molar refractivity (Wildman–Crippen MR) is 110 cm³/mol. The van der Waals surface area contributed by atoms with Gasteiger partial charge in [0, 0.05) is 19.6 Å². The lowest BCUT2D eigenvalue weighted by Crippen LogP contribution is -2.32. The van der Waals surface area contributed by atoms with E-state index >= 15 is 0 Å². The summed E-state index contributed by atoms with van der Waals surface area (Å²) < 4.78 is 7.26. The fourth-order valence-corrected chi connectivity index (χ4v) is 3.25. The fourth-order valence-electron chi connectivity index (χ4n) is 2.97. The van der Waals surface area contributed by atoms with E-state index in [1.807, 2.05) is 43.2 Å². The lowest BCUT2D eigenvalue weighted by atomic mass is 10.2. The number of hydrogen-bond donors (Lipinski definition) is 3. The Morgan fingerprint density at radius 1 is 1.29 bits per heavy atom. The first kappa shape index (κ1) is 22.3. The third kappa shape index (κ3) is 5.50. The first-order chi connectivity index (χ1) is 13.2. The van der Waals surface area contributed by atoms with Gasteiger partial charge in [0.2, 0.25) is 0 Å². The highest BCUT2D eigenvalue weighted by Gasteiger charge is 2.19.